The fourth-order valence-electron chi connectivity index (χ4n) is 7.42. The number of hydrogen-bond donors (Lipinski definition) is 0. The van der Waals surface area contributed by atoms with Gasteiger partial charge in [-0.3, -0.25) is 19.2 Å². The molecule has 0 bridgehead atoms. The highest BCUT2D eigenvalue weighted by Gasteiger charge is 2.79. The van der Waals surface area contributed by atoms with Crippen molar-refractivity contribution >= 4 is 28.8 Å². The average molecular weight is 556 g/mol. The number of carbonyl (C=O) groups is 4. The summed E-state index contributed by atoms with van der Waals surface area (Å²) in [5.74, 6) is -3.09. The lowest BCUT2D eigenvalue weighted by Gasteiger charge is -2.35. The molecule has 7 rings (SSSR count). The van der Waals surface area contributed by atoms with Crippen LogP contribution in [0.25, 0.3) is 0 Å². The summed E-state index contributed by atoms with van der Waals surface area (Å²) in [5, 5.41) is 0. The fraction of sp³-hybridized carbons (Fsp3) is 0.222. The molecule has 1 saturated heterocycles. The van der Waals surface area contributed by atoms with Crippen LogP contribution in [0.5, 0.6) is 0 Å². The van der Waals surface area contributed by atoms with Crippen LogP contribution in [0.4, 0.5) is 5.69 Å². The van der Waals surface area contributed by atoms with E-state index in [0.29, 0.717) is 11.1 Å². The molecule has 1 aliphatic heterocycles. The normalized spacial score (nSPS) is 21.3. The standard InChI is InChI=1S/C36H29NO5/c1-3-37(4-2)24-20-18-22(19-21-24)29-35(30(38)25-14-8-9-15-26(25)31(35)39)34(23-12-6-5-7-13-23)42-36(29)32(40)27-16-10-11-17-28(27)33(36)41/h5-21,29,34H,3-4H2,1-2H3/t29-,34-/m1/s1. The van der Waals surface area contributed by atoms with Gasteiger partial charge in [-0.2, -0.15) is 0 Å². The summed E-state index contributed by atoms with van der Waals surface area (Å²) in [6.07, 6.45) is -1.17. The third-order valence-electron chi connectivity index (χ3n) is 9.30. The Hall–Kier alpha value is -4.68. The van der Waals surface area contributed by atoms with E-state index in [2.05, 4.69) is 18.7 Å². The largest absolute Gasteiger partial charge is 0.372 e. The second-order valence-corrected chi connectivity index (χ2v) is 11.1. The van der Waals surface area contributed by atoms with Crippen LogP contribution in [0.3, 0.4) is 0 Å². The number of nitrogens with zero attached hydrogens (tertiary/aromatic N) is 1. The molecule has 0 N–H and O–H groups in total. The predicted octanol–water partition coefficient (Wildman–Crippen LogP) is 6.27. The number of benzene rings is 4. The Morgan fingerprint density at radius 2 is 1.02 bits per heavy atom. The molecular formula is C36H29NO5. The predicted molar refractivity (Wildman–Crippen MR) is 158 cm³/mol. The minimum absolute atomic E-state index is 0.242. The van der Waals surface area contributed by atoms with E-state index in [1.807, 2.05) is 30.3 Å². The number of carbonyl (C=O) groups excluding carboxylic acids is 4. The third-order valence-corrected chi connectivity index (χ3v) is 9.30. The monoisotopic (exact) mass is 555 g/mol. The molecule has 4 aromatic carbocycles. The molecule has 6 heteroatoms. The quantitative estimate of drug-likeness (QED) is 0.270. The molecule has 1 heterocycles. The van der Waals surface area contributed by atoms with Gasteiger partial charge in [-0.15, -0.1) is 0 Å². The van der Waals surface area contributed by atoms with Crippen molar-refractivity contribution in [3.05, 3.63) is 137 Å². The van der Waals surface area contributed by atoms with Crippen molar-refractivity contribution in [1.82, 2.24) is 0 Å². The second kappa shape index (κ2) is 9.43. The summed E-state index contributed by atoms with van der Waals surface area (Å²) in [6.45, 7) is 5.73. The zero-order valence-electron chi connectivity index (χ0n) is 23.4. The highest BCUT2D eigenvalue weighted by Crippen LogP contribution is 2.67. The first-order chi connectivity index (χ1) is 20.4. The summed E-state index contributed by atoms with van der Waals surface area (Å²) in [6, 6.07) is 29.9. The lowest BCUT2D eigenvalue weighted by molar-refractivity contribution is -0.0210. The molecule has 2 aliphatic carbocycles. The summed E-state index contributed by atoms with van der Waals surface area (Å²) in [7, 11) is 0. The van der Waals surface area contributed by atoms with Crippen molar-refractivity contribution in [3.63, 3.8) is 0 Å². The van der Waals surface area contributed by atoms with Gasteiger partial charge in [-0.1, -0.05) is 91.0 Å². The van der Waals surface area contributed by atoms with Gasteiger partial charge in [0.25, 0.3) is 0 Å². The molecule has 0 unspecified atom stereocenters. The smallest absolute Gasteiger partial charge is 0.204 e. The van der Waals surface area contributed by atoms with Crippen LogP contribution in [0.2, 0.25) is 0 Å². The number of ketones is 4. The van der Waals surface area contributed by atoms with E-state index >= 15 is 0 Å². The van der Waals surface area contributed by atoms with Crippen LogP contribution >= 0.6 is 0 Å². The summed E-state index contributed by atoms with van der Waals surface area (Å²) in [5.41, 5.74) is -0.848. The minimum atomic E-state index is -2.09. The van der Waals surface area contributed by atoms with Crippen molar-refractivity contribution in [2.24, 2.45) is 5.41 Å². The molecule has 208 valence electrons. The molecule has 4 aromatic rings. The molecule has 0 radical (unpaired) electrons. The molecule has 2 atom stereocenters. The van der Waals surface area contributed by atoms with Crippen LogP contribution in [0.1, 0.15) is 78.4 Å². The highest BCUT2D eigenvalue weighted by molar-refractivity contribution is 6.37. The Kier molecular flexibility index (Phi) is 5.89. The van der Waals surface area contributed by atoms with Crippen molar-refractivity contribution in [3.8, 4) is 0 Å². The Labute approximate surface area is 243 Å². The van der Waals surface area contributed by atoms with Gasteiger partial charge in [0.05, 0.1) is 5.92 Å². The van der Waals surface area contributed by atoms with Crippen molar-refractivity contribution in [2.45, 2.75) is 31.5 Å². The Morgan fingerprint density at radius 1 is 0.571 bits per heavy atom. The first-order valence-corrected chi connectivity index (χ1v) is 14.4. The minimum Gasteiger partial charge on any atom is -0.372 e. The SMILES string of the molecule is CCN(CC)c1ccc([C@H]2C3(O[C@H](c4ccccc4)C24C(=O)c2ccccc2C4=O)C(=O)c2ccccc2C3=O)cc1. The molecule has 3 aliphatic rings. The maximum absolute atomic E-state index is 14.8. The lowest BCUT2D eigenvalue weighted by atomic mass is 9.60. The van der Waals surface area contributed by atoms with Gasteiger partial charge in [-0.05, 0) is 37.1 Å². The maximum atomic E-state index is 14.8. The summed E-state index contributed by atoms with van der Waals surface area (Å²) < 4.78 is 6.75. The molecule has 0 aromatic heterocycles. The first kappa shape index (κ1) is 26.2. The highest BCUT2D eigenvalue weighted by atomic mass is 16.5. The molecule has 42 heavy (non-hydrogen) atoms. The molecule has 1 fully saturated rings. The van der Waals surface area contributed by atoms with E-state index in [1.165, 1.54) is 0 Å². The van der Waals surface area contributed by atoms with E-state index in [4.69, 9.17) is 4.74 Å². The van der Waals surface area contributed by atoms with Crippen LogP contribution in [0.15, 0.2) is 103 Å². The number of Topliss-reactive ketones (excluding diaryl/α,β-unsaturated/α-hetero) is 4. The zero-order chi connectivity index (χ0) is 29.2. The molecular weight excluding hydrogens is 526 g/mol. The topological polar surface area (TPSA) is 80.8 Å². The van der Waals surface area contributed by atoms with Gasteiger partial charge in [0, 0.05) is 41.0 Å². The number of fused-ring (bicyclic) bond motifs is 2. The van der Waals surface area contributed by atoms with Crippen LogP contribution in [0, 0.1) is 5.41 Å². The van der Waals surface area contributed by atoms with Crippen LogP contribution in [-0.2, 0) is 4.74 Å². The fourth-order valence-corrected chi connectivity index (χ4v) is 7.42. The van der Waals surface area contributed by atoms with Gasteiger partial charge in [0.2, 0.25) is 17.2 Å². The number of rotatable bonds is 5. The second-order valence-electron chi connectivity index (χ2n) is 11.1. The zero-order valence-corrected chi connectivity index (χ0v) is 23.4. The van der Waals surface area contributed by atoms with Gasteiger partial charge >= 0.3 is 0 Å². The lowest BCUT2D eigenvalue weighted by Crippen LogP contribution is -2.51. The van der Waals surface area contributed by atoms with Crippen molar-refractivity contribution < 1.29 is 23.9 Å². The molecule has 0 amide bonds. The van der Waals surface area contributed by atoms with E-state index in [-0.39, 0.29) is 22.3 Å². The van der Waals surface area contributed by atoms with Gasteiger partial charge in [0.1, 0.15) is 11.5 Å². The molecule has 6 nitrogen and oxygen atoms in total. The third kappa shape index (κ3) is 3.18. The average Bonchev–Trinajstić information content (AvgIpc) is 3.56. The first-order valence-electron chi connectivity index (χ1n) is 14.4. The number of hydrogen-bond acceptors (Lipinski definition) is 6. The van der Waals surface area contributed by atoms with Crippen molar-refractivity contribution in [1.29, 1.82) is 0 Å². The van der Waals surface area contributed by atoms with Gasteiger partial charge in [-0.25, -0.2) is 0 Å². The van der Waals surface area contributed by atoms with E-state index in [0.717, 1.165) is 18.8 Å². The number of anilines is 1. The van der Waals surface area contributed by atoms with Crippen LogP contribution in [-0.4, -0.2) is 41.8 Å². The Balaban J connectivity index is 1.54. The molecule has 0 saturated carbocycles. The van der Waals surface area contributed by atoms with Crippen molar-refractivity contribution in [2.75, 3.05) is 18.0 Å². The number of ether oxygens (including phenoxy) is 1. The van der Waals surface area contributed by atoms with E-state index < -0.39 is 46.2 Å². The summed E-state index contributed by atoms with van der Waals surface area (Å²) >= 11 is 0. The van der Waals surface area contributed by atoms with E-state index in [1.54, 1.807) is 72.8 Å². The Morgan fingerprint density at radius 3 is 1.50 bits per heavy atom. The van der Waals surface area contributed by atoms with Gasteiger partial charge in [0.15, 0.2) is 11.6 Å². The van der Waals surface area contributed by atoms with Gasteiger partial charge < -0.3 is 9.64 Å². The maximum Gasteiger partial charge on any atom is 0.204 e. The van der Waals surface area contributed by atoms with E-state index in [9.17, 15) is 19.2 Å². The molecule has 2 spiro atoms. The summed E-state index contributed by atoms with van der Waals surface area (Å²) in [4.78, 5) is 60.7. The Bertz CT molecular complexity index is 1700. The van der Waals surface area contributed by atoms with Crippen LogP contribution < -0.4 is 4.90 Å².